The van der Waals surface area contributed by atoms with Crippen molar-refractivity contribution in [3.05, 3.63) is 31.9 Å². The average molecular weight is 363 g/mol. The highest BCUT2D eigenvalue weighted by Gasteiger charge is 2.08. The fourth-order valence-corrected chi connectivity index (χ4v) is 3.31. The number of halogens is 2. The molecule has 0 aliphatic rings. The van der Waals surface area contributed by atoms with E-state index in [-0.39, 0.29) is 0 Å². The summed E-state index contributed by atoms with van der Waals surface area (Å²) < 4.78 is 3.20. The van der Waals surface area contributed by atoms with Gasteiger partial charge < -0.3 is 0 Å². The molecule has 19 heavy (non-hydrogen) atoms. The summed E-state index contributed by atoms with van der Waals surface area (Å²) in [5, 5.41) is 7.74. The molecule has 0 aromatic carbocycles. The molecule has 0 unspecified atom stereocenters. The van der Waals surface area contributed by atoms with E-state index in [0.717, 1.165) is 41.7 Å². The maximum absolute atomic E-state index is 5.74. The molecule has 2 heterocycles. The smallest absolute Gasteiger partial charge is 0.0928 e. The SMILES string of the molecule is Cc1nn(CCCCc2nc(CCl)cs2)c(C)c1Br. The monoisotopic (exact) mass is 361 g/mol. The van der Waals surface area contributed by atoms with Crippen molar-refractivity contribution in [3.63, 3.8) is 0 Å². The molecule has 2 aromatic heterocycles. The second-order valence-corrected chi connectivity index (χ2v) is 6.53. The predicted molar refractivity (Wildman–Crippen MR) is 84.0 cm³/mol. The van der Waals surface area contributed by atoms with Crippen molar-refractivity contribution in [1.29, 1.82) is 0 Å². The highest BCUT2D eigenvalue weighted by atomic mass is 79.9. The van der Waals surface area contributed by atoms with Gasteiger partial charge in [0.1, 0.15) is 0 Å². The van der Waals surface area contributed by atoms with Gasteiger partial charge in [0.25, 0.3) is 0 Å². The van der Waals surface area contributed by atoms with Crippen molar-refractivity contribution in [2.75, 3.05) is 0 Å². The second kappa shape index (κ2) is 6.86. The lowest BCUT2D eigenvalue weighted by molar-refractivity contribution is 0.543. The first-order chi connectivity index (χ1) is 9.11. The third-order valence-corrected chi connectivity index (χ3v) is 5.42. The number of rotatable bonds is 6. The van der Waals surface area contributed by atoms with Crippen LogP contribution >= 0.6 is 38.9 Å². The van der Waals surface area contributed by atoms with Gasteiger partial charge in [-0.15, -0.1) is 22.9 Å². The van der Waals surface area contributed by atoms with Crippen LogP contribution in [0.2, 0.25) is 0 Å². The molecular weight excluding hydrogens is 346 g/mol. The number of hydrogen-bond donors (Lipinski definition) is 0. The number of nitrogens with zero attached hydrogens (tertiary/aromatic N) is 3. The first kappa shape index (κ1) is 15.0. The molecule has 0 fully saturated rings. The Morgan fingerprint density at radius 3 is 2.74 bits per heavy atom. The van der Waals surface area contributed by atoms with Crippen molar-refractivity contribution in [1.82, 2.24) is 14.8 Å². The highest BCUT2D eigenvalue weighted by molar-refractivity contribution is 9.10. The van der Waals surface area contributed by atoms with Crippen LogP contribution in [0, 0.1) is 13.8 Å². The number of aromatic nitrogens is 3. The van der Waals surface area contributed by atoms with E-state index in [4.69, 9.17) is 11.6 Å². The maximum atomic E-state index is 5.74. The predicted octanol–water partition coefficient (Wildman–Crippen LogP) is 4.48. The fraction of sp³-hybridized carbons (Fsp3) is 0.538. The van der Waals surface area contributed by atoms with E-state index >= 15 is 0 Å². The first-order valence-corrected chi connectivity index (χ1v) is 8.51. The molecule has 6 heteroatoms. The van der Waals surface area contributed by atoms with E-state index in [0.29, 0.717) is 5.88 Å². The van der Waals surface area contributed by atoms with Gasteiger partial charge in [-0.3, -0.25) is 4.68 Å². The van der Waals surface area contributed by atoms with E-state index < -0.39 is 0 Å². The van der Waals surface area contributed by atoms with E-state index in [9.17, 15) is 0 Å². The number of unbranched alkanes of at least 4 members (excludes halogenated alkanes) is 1. The summed E-state index contributed by atoms with van der Waals surface area (Å²) in [6, 6.07) is 0. The molecule has 2 rings (SSSR count). The summed E-state index contributed by atoms with van der Waals surface area (Å²) in [4.78, 5) is 4.47. The molecule has 0 aliphatic carbocycles. The van der Waals surface area contributed by atoms with Gasteiger partial charge in [0.2, 0.25) is 0 Å². The molecule has 0 radical (unpaired) electrons. The van der Waals surface area contributed by atoms with Crippen LogP contribution in [0.25, 0.3) is 0 Å². The topological polar surface area (TPSA) is 30.7 Å². The largest absolute Gasteiger partial charge is 0.268 e. The van der Waals surface area contributed by atoms with Gasteiger partial charge in [0.15, 0.2) is 0 Å². The molecule has 0 aliphatic heterocycles. The Bertz CT molecular complexity index is 550. The molecule has 0 spiro atoms. The van der Waals surface area contributed by atoms with Crippen LogP contribution in [0.1, 0.15) is 34.9 Å². The molecule has 0 amide bonds. The van der Waals surface area contributed by atoms with Gasteiger partial charge in [0.05, 0.1) is 26.7 Å². The second-order valence-electron chi connectivity index (χ2n) is 4.53. The van der Waals surface area contributed by atoms with E-state index in [1.807, 2.05) is 12.3 Å². The molecule has 0 N–H and O–H groups in total. The summed E-state index contributed by atoms with van der Waals surface area (Å²) in [6.07, 6.45) is 3.28. The maximum Gasteiger partial charge on any atom is 0.0928 e. The van der Waals surface area contributed by atoms with Crippen molar-refractivity contribution in [2.45, 2.75) is 45.5 Å². The van der Waals surface area contributed by atoms with Gasteiger partial charge in [-0.05, 0) is 49.0 Å². The van der Waals surface area contributed by atoms with E-state index in [1.54, 1.807) is 11.3 Å². The summed E-state index contributed by atoms with van der Waals surface area (Å²) in [5.41, 5.74) is 3.25. The molecule has 0 bridgehead atoms. The Hall–Kier alpha value is -0.390. The average Bonchev–Trinajstić information content (AvgIpc) is 2.96. The number of thiazole rings is 1. The minimum Gasteiger partial charge on any atom is -0.268 e. The lowest BCUT2D eigenvalue weighted by Gasteiger charge is -2.03. The Morgan fingerprint density at radius 1 is 1.37 bits per heavy atom. The van der Waals surface area contributed by atoms with Gasteiger partial charge in [-0.2, -0.15) is 5.10 Å². The number of alkyl halides is 1. The Kier molecular flexibility index (Phi) is 5.42. The number of aryl methyl sites for hydroxylation is 3. The van der Waals surface area contributed by atoms with Gasteiger partial charge >= 0.3 is 0 Å². The van der Waals surface area contributed by atoms with Gasteiger partial charge in [-0.25, -0.2) is 4.98 Å². The highest BCUT2D eigenvalue weighted by Crippen LogP contribution is 2.20. The molecule has 0 saturated carbocycles. The third-order valence-electron chi connectivity index (χ3n) is 3.04. The Labute approximate surface area is 131 Å². The minimum absolute atomic E-state index is 0.510. The Balaban J connectivity index is 1.79. The van der Waals surface area contributed by atoms with Crippen molar-refractivity contribution < 1.29 is 0 Å². The summed E-state index contributed by atoms with van der Waals surface area (Å²) >= 11 is 11.0. The van der Waals surface area contributed by atoms with Crippen LogP contribution in [0.5, 0.6) is 0 Å². The fourth-order valence-electron chi connectivity index (χ4n) is 1.96. The lowest BCUT2D eigenvalue weighted by Crippen LogP contribution is -2.03. The lowest BCUT2D eigenvalue weighted by atomic mass is 10.2. The van der Waals surface area contributed by atoms with Crippen molar-refractivity contribution in [2.24, 2.45) is 0 Å². The molecule has 104 valence electrons. The molecule has 0 atom stereocenters. The van der Waals surface area contributed by atoms with Crippen molar-refractivity contribution >= 4 is 38.9 Å². The van der Waals surface area contributed by atoms with Crippen LogP contribution in [-0.2, 0) is 18.8 Å². The van der Waals surface area contributed by atoms with Crippen LogP contribution in [0.3, 0.4) is 0 Å². The van der Waals surface area contributed by atoms with Crippen molar-refractivity contribution in [3.8, 4) is 0 Å². The quantitative estimate of drug-likeness (QED) is 0.560. The van der Waals surface area contributed by atoms with Crippen LogP contribution < -0.4 is 0 Å². The zero-order valence-corrected chi connectivity index (χ0v) is 14.3. The number of hydrogen-bond acceptors (Lipinski definition) is 3. The molecule has 2 aromatic rings. The third kappa shape index (κ3) is 3.80. The Morgan fingerprint density at radius 2 is 2.16 bits per heavy atom. The van der Waals surface area contributed by atoms with Crippen LogP contribution in [0.4, 0.5) is 0 Å². The molecular formula is C13H17BrClN3S. The van der Waals surface area contributed by atoms with Gasteiger partial charge in [-0.1, -0.05) is 0 Å². The van der Waals surface area contributed by atoms with Crippen LogP contribution in [0.15, 0.2) is 9.85 Å². The van der Waals surface area contributed by atoms with E-state index in [1.165, 1.54) is 10.7 Å². The zero-order chi connectivity index (χ0) is 13.8. The minimum atomic E-state index is 0.510. The summed E-state index contributed by atoms with van der Waals surface area (Å²) in [6.45, 7) is 5.08. The molecule has 3 nitrogen and oxygen atoms in total. The van der Waals surface area contributed by atoms with E-state index in [2.05, 4.69) is 37.6 Å². The van der Waals surface area contributed by atoms with Gasteiger partial charge in [0, 0.05) is 17.6 Å². The zero-order valence-electron chi connectivity index (χ0n) is 11.1. The van der Waals surface area contributed by atoms with Crippen LogP contribution in [-0.4, -0.2) is 14.8 Å². The summed E-state index contributed by atoms with van der Waals surface area (Å²) in [5.74, 6) is 0.510. The molecule has 0 saturated heterocycles. The summed E-state index contributed by atoms with van der Waals surface area (Å²) in [7, 11) is 0. The first-order valence-electron chi connectivity index (χ1n) is 6.30. The normalized spacial score (nSPS) is 11.2. The standard InChI is InChI=1S/C13H17BrClN3S/c1-9-13(14)10(2)18(17-9)6-4-3-5-12-16-11(7-15)8-19-12/h8H,3-7H2,1-2H3.